The molecule has 0 fully saturated rings. The number of aliphatic hydroxyl groups is 1. The molecule has 0 spiro atoms. The fourth-order valence-electron chi connectivity index (χ4n) is 2.57. The number of nitrogens with one attached hydrogen (secondary N) is 1. The molecule has 2 aromatic carbocycles. The molecular weight excluding hydrogens is 369 g/mol. The van der Waals surface area contributed by atoms with E-state index in [9.17, 15) is 5.11 Å². The topological polar surface area (TPSA) is 58.0 Å². The van der Waals surface area contributed by atoms with E-state index in [0.29, 0.717) is 15.9 Å². The van der Waals surface area contributed by atoms with Gasteiger partial charge in [-0.25, -0.2) is 4.98 Å². The molecule has 0 unspecified atom stereocenters. The largest absolute Gasteiger partial charge is 0.394 e. The molecule has 0 radical (unpaired) electrons. The lowest BCUT2D eigenvalue weighted by Gasteiger charge is -2.16. The number of aromatic nitrogens is 2. The third-order valence-corrected chi connectivity index (χ3v) is 4.58. The fourth-order valence-corrected chi connectivity index (χ4v) is 2.82. The predicted molar refractivity (Wildman–Crippen MR) is 108 cm³/mol. The minimum absolute atomic E-state index is 0.0351. The zero-order valence-corrected chi connectivity index (χ0v) is 15.8. The summed E-state index contributed by atoms with van der Waals surface area (Å²) in [4.78, 5) is 9.36. The molecule has 0 saturated carbocycles. The van der Waals surface area contributed by atoms with Gasteiger partial charge in [-0.1, -0.05) is 54.4 Å². The molecule has 2 N–H and O–H groups in total. The zero-order chi connectivity index (χ0) is 18.5. The lowest BCUT2D eigenvalue weighted by molar-refractivity contribution is 0.271. The van der Waals surface area contributed by atoms with Gasteiger partial charge in [-0.2, -0.15) is 0 Å². The summed E-state index contributed by atoms with van der Waals surface area (Å²) in [6, 6.07) is 14.9. The molecule has 0 aliphatic rings. The van der Waals surface area contributed by atoms with Crippen molar-refractivity contribution in [1.29, 1.82) is 0 Å². The quantitative estimate of drug-likeness (QED) is 0.602. The van der Waals surface area contributed by atoms with E-state index in [2.05, 4.69) is 10.3 Å². The van der Waals surface area contributed by atoms with Crippen molar-refractivity contribution in [3.63, 3.8) is 0 Å². The third kappa shape index (κ3) is 4.33. The van der Waals surface area contributed by atoms with Crippen LogP contribution in [0.5, 0.6) is 0 Å². The van der Waals surface area contributed by atoms with Crippen molar-refractivity contribution in [2.45, 2.75) is 19.4 Å². The van der Waals surface area contributed by atoms with Crippen molar-refractivity contribution in [3.05, 3.63) is 64.8 Å². The third-order valence-electron chi connectivity index (χ3n) is 4.07. The second-order valence-electron chi connectivity index (χ2n) is 5.90. The minimum atomic E-state index is -0.0660. The Morgan fingerprint density at radius 1 is 0.923 bits per heavy atom. The Labute approximate surface area is 162 Å². The Kier molecular flexibility index (Phi) is 6.09. The predicted octanol–water partition coefficient (Wildman–Crippen LogP) is 5.30. The standard InChI is InChI=1S/C20H19Cl2N3O/c1-2-17(12-26)24-18-11-23-19(13-3-7-15(21)8-4-13)20(25-18)14-5-9-16(22)10-6-14/h3-11,17,26H,2,12H2,1H3,(H,24,25)/t17-/m0/s1. The van der Waals surface area contributed by atoms with E-state index >= 15 is 0 Å². The van der Waals surface area contributed by atoms with Gasteiger partial charge in [-0.3, -0.25) is 4.98 Å². The van der Waals surface area contributed by atoms with Gasteiger partial charge in [0.05, 0.1) is 30.2 Å². The van der Waals surface area contributed by atoms with Crippen molar-refractivity contribution in [1.82, 2.24) is 9.97 Å². The molecule has 0 aliphatic heterocycles. The summed E-state index contributed by atoms with van der Waals surface area (Å²) < 4.78 is 0. The van der Waals surface area contributed by atoms with E-state index in [4.69, 9.17) is 28.2 Å². The molecule has 1 atom stereocenters. The number of nitrogens with zero attached hydrogens (tertiary/aromatic N) is 2. The van der Waals surface area contributed by atoms with E-state index in [1.807, 2.05) is 55.5 Å². The molecule has 3 rings (SSSR count). The van der Waals surface area contributed by atoms with E-state index in [1.165, 1.54) is 0 Å². The van der Waals surface area contributed by atoms with Crippen molar-refractivity contribution in [2.75, 3.05) is 11.9 Å². The number of halogens is 2. The van der Waals surface area contributed by atoms with Gasteiger partial charge in [0.15, 0.2) is 0 Å². The van der Waals surface area contributed by atoms with Crippen LogP contribution in [0.15, 0.2) is 54.7 Å². The highest BCUT2D eigenvalue weighted by atomic mass is 35.5. The Bertz CT molecular complexity index is 863. The maximum absolute atomic E-state index is 9.42. The first-order valence-electron chi connectivity index (χ1n) is 8.37. The molecular formula is C20H19Cl2N3O. The summed E-state index contributed by atoms with van der Waals surface area (Å²) in [5, 5.41) is 14.0. The monoisotopic (exact) mass is 387 g/mol. The summed E-state index contributed by atoms with van der Waals surface area (Å²) in [5.74, 6) is 0.619. The van der Waals surface area contributed by atoms with Crippen molar-refractivity contribution in [2.24, 2.45) is 0 Å². The summed E-state index contributed by atoms with van der Waals surface area (Å²) >= 11 is 12.0. The van der Waals surface area contributed by atoms with Crippen molar-refractivity contribution >= 4 is 29.0 Å². The van der Waals surface area contributed by atoms with Gasteiger partial charge in [-0.15, -0.1) is 0 Å². The van der Waals surface area contributed by atoms with E-state index in [1.54, 1.807) is 6.20 Å². The number of hydrogen-bond acceptors (Lipinski definition) is 4. The van der Waals surface area contributed by atoms with Gasteiger partial charge < -0.3 is 10.4 Å². The normalized spacial score (nSPS) is 12.0. The lowest BCUT2D eigenvalue weighted by atomic mass is 10.0. The van der Waals surface area contributed by atoms with Crippen LogP contribution in [0.2, 0.25) is 10.0 Å². The van der Waals surface area contributed by atoms with Gasteiger partial charge >= 0.3 is 0 Å². The maximum Gasteiger partial charge on any atom is 0.145 e. The van der Waals surface area contributed by atoms with Gasteiger partial charge in [0, 0.05) is 21.2 Å². The number of aliphatic hydroxyl groups excluding tert-OH is 1. The smallest absolute Gasteiger partial charge is 0.145 e. The number of benzene rings is 2. The van der Waals surface area contributed by atoms with Gasteiger partial charge in [0.25, 0.3) is 0 Å². The van der Waals surface area contributed by atoms with E-state index < -0.39 is 0 Å². The molecule has 134 valence electrons. The fraction of sp³-hybridized carbons (Fsp3) is 0.200. The average Bonchev–Trinajstić information content (AvgIpc) is 2.67. The first kappa shape index (κ1) is 18.6. The van der Waals surface area contributed by atoms with Gasteiger partial charge in [0.2, 0.25) is 0 Å². The van der Waals surface area contributed by atoms with Crippen molar-refractivity contribution < 1.29 is 5.11 Å². The molecule has 1 heterocycles. The lowest BCUT2D eigenvalue weighted by Crippen LogP contribution is -2.23. The molecule has 26 heavy (non-hydrogen) atoms. The minimum Gasteiger partial charge on any atom is -0.394 e. The highest BCUT2D eigenvalue weighted by molar-refractivity contribution is 6.31. The highest BCUT2D eigenvalue weighted by Gasteiger charge is 2.14. The molecule has 1 aromatic heterocycles. The molecule has 0 saturated heterocycles. The molecule has 3 aromatic rings. The first-order valence-corrected chi connectivity index (χ1v) is 9.12. The second kappa shape index (κ2) is 8.49. The number of rotatable bonds is 6. The Hall–Kier alpha value is -2.14. The van der Waals surface area contributed by atoms with Crippen LogP contribution in [0.25, 0.3) is 22.5 Å². The highest BCUT2D eigenvalue weighted by Crippen LogP contribution is 2.31. The molecule has 0 amide bonds. The van der Waals surface area contributed by atoms with Crippen LogP contribution in [0.1, 0.15) is 13.3 Å². The Balaban J connectivity index is 2.08. The van der Waals surface area contributed by atoms with Crippen LogP contribution in [0, 0.1) is 0 Å². The summed E-state index contributed by atoms with van der Waals surface area (Å²) in [5.41, 5.74) is 3.33. The molecule has 0 bridgehead atoms. The van der Waals surface area contributed by atoms with Crippen LogP contribution in [-0.4, -0.2) is 27.7 Å². The van der Waals surface area contributed by atoms with Crippen LogP contribution < -0.4 is 5.32 Å². The van der Waals surface area contributed by atoms with E-state index in [-0.39, 0.29) is 12.6 Å². The summed E-state index contributed by atoms with van der Waals surface area (Å²) in [6.07, 6.45) is 2.47. The van der Waals surface area contributed by atoms with Crippen molar-refractivity contribution in [3.8, 4) is 22.5 Å². The summed E-state index contributed by atoms with van der Waals surface area (Å²) in [6.45, 7) is 2.04. The average molecular weight is 388 g/mol. The van der Waals surface area contributed by atoms with Crippen LogP contribution >= 0.6 is 23.2 Å². The summed E-state index contributed by atoms with van der Waals surface area (Å²) in [7, 11) is 0. The number of anilines is 1. The van der Waals surface area contributed by atoms with Crippen LogP contribution in [-0.2, 0) is 0 Å². The van der Waals surface area contributed by atoms with E-state index in [0.717, 1.165) is 28.9 Å². The van der Waals surface area contributed by atoms with Crippen LogP contribution in [0.3, 0.4) is 0 Å². The molecule has 4 nitrogen and oxygen atoms in total. The Morgan fingerprint density at radius 2 is 1.46 bits per heavy atom. The number of hydrogen-bond donors (Lipinski definition) is 2. The second-order valence-corrected chi connectivity index (χ2v) is 6.77. The molecule has 0 aliphatic carbocycles. The van der Waals surface area contributed by atoms with Gasteiger partial charge in [0.1, 0.15) is 5.82 Å². The maximum atomic E-state index is 9.42. The Morgan fingerprint density at radius 3 is 1.96 bits per heavy atom. The first-order chi connectivity index (χ1) is 12.6. The SMILES string of the molecule is CC[C@@H](CO)Nc1cnc(-c2ccc(Cl)cc2)c(-c2ccc(Cl)cc2)n1. The molecule has 6 heteroatoms. The van der Waals surface area contributed by atoms with Crippen LogP contribution in [0.4, 0.5) is 5.82 Å². The zero-order valence-electron chi connectivity index (χ0n) is 14.3. The van der Waals surface area contributed by atoms with Gasteiger partial charge in [-0.05, 0) is 30.7 Å².